The molecule has 0 aromatic heterocycles. The van der Waals surface area contributed by atoms with Crippen molar-refractivity contribution >= 4 is 17.6 Å². The number of benzene rings is 1. The summed E-state index contributed by atoms with van der Waals surface area (Å²) in [5.74, 6) is -2.42. The number of carboxylic acids is 1. The van der Waals surface area contributed by atoms with Gasteiger partial charge in [-0.05, 0) is 42.9 Å². The molecule has 0 unspecified atom stereocenters. The van der Waals surface area contributed by atoms with Crippen LogP contribution in [0.3, 0.4) is 0 Å². The van der Waals surface area contributed by atoms with Crippen LogP contribution in [-0.4, -0.2) is 17.0 Å². The predicted molar refractivity (Wildman–Crippen MR) is 59.3 cm³/mol. The summed E-state index contributed by atoms with van der Waals surface area (Å²) < 4.78 is 0. The summed E-state index contributed by atoms with van der Waals surface area (Å²) in [6, 6.07) is 5.64. The second-order valence-electron chi connectivity index (χ2n) is 3.91. The van der Waals surface area contributed by atoms with Gasteiger partial charge in [0.2, 0.25) is 0 Å². The Balaban J connectivity index is 2.27. The van der Waals surface area contributed by atoms with Gasteiger partial charge in [-0.25, -0.2) is 4.79 Å². The van der Waals surface area contributed by atoms with Crippen molar-refractivity contribution in [1.29, 1.82) is 0 Å². The third kappa shape index (κ3) is 2.05. The van der Waals surface area contributed by atoms with E-state index in [0.717, 1.165) is 31.2 Å². The second kappa shape index (κ2) is 4.35. The first-order valence-corrected chi connectivity index (χ1v) is 5.33. The van der Waals surface area contributed by atoms with E-state index in [-0.39, 0.29) is 0 Å². The van der Waals surface area contributed by atoms with Gasteiger partial charge in [-0.2, -0.15) is 0 Å². The van der Waals surface area contributed by atoms with Crippen molar-refractivity contribution in [3.8, 4) is 0 Å². The van der Waals surface area contributed by atoms with Crippen molar-refractivity contribution in [3.63, 3.8) is 0 Å². The molecule has 0 fully saturated rings. The Kier molecular flexibility index (Phi) is 2.90. The molecule has 0 spiro atoms. The maximum atomic E-state index is 11.1. The molecule has 0 saturated carbocycles. The van der Waals surface area contributed by atoms with E-state index < -0.39 is 11.9 Å². The molecule has 16 heavy (non-hydrogen) atoms. The van der Waals surface area contributed by atoms with E-state index in [1.54, 1.807) is 6.07 Å². The number of hydrogen-bond acceptors (Lipinski definition) is 2. The highest BCUT2D eigenvalue weighted by Crippen LogP contribution is 2.27. The van der Waals surface area contributed by atoms with Crippen LogP contribution in [0.5, 0.6) is 0 Å². The number of carbonyl (C=O) groups is 2. The largest absolute Gasteiger partial charge is 0.474 e. The van der Waals surface area contributed by atoms with E-state index >= 15 is 0 Å². The molecule has 0 saturated heterocycles. The van der Waals surface area contributed by atoms with Crippen molar-refractivity contribution in [2.75, 3.05) is 5.32 Å². The van der Waals surface area contributed by atoms with Crippen molar-refractivity contribution in [2.45, 2.75) is 25.7 Å². The summed E-state index contributed by atoms with van der Waals surface area (Å²) in [5.41, 5.74) is 2.95. The fourth-order valence-corrected chi connectivity index (χ4v) is 2.07. The lowest BCUT2D eigenvalue weighted by Crippen LogP contribution is -2.23. The van der Waals surface area contributed by atoms with Gasteiger partial charge in [-0.15, -0.1) is 0 Å². The van der Waals surface area contributed by atoms with E-state index in [9.17, 15) is 9.59 Å². The number of fused-ring (bicyclic) bond motifs is 1. The minimum Gasteiger partial charge on any atom is -0.474 e. The summed E-state index contributed by atoms with van der Waals surface area (Å²) in [4.78, 5) is 21.5. The number of carboxylic acid groups (broad SMARTS) is 1. The van der Waals surface area contributed by atoms with Crippen LogP contribution in [0.1, 0.15) is 24.0 Å². The van der Waals surface area contributed by atoms with Gasteiger partial charge in [0.05, 0.1) is 0 Å². The molecule has 1 aliphatic carbocycles. The number of aliphatic carboxylic acids is 1. The first-order chi connectivity index (χ1) is 7.68. The Morgan fingerprint density at radius 1 is 1.19 bits per heavy atom. The van der Waals surface area contributed by atoms with Crippen molar-refractivity contribution in [2.24, 2.45) is 0 Å². The molecule has 2 rings (SSSR count). The summed E-state index contributed by atoms with van der Waals surface area (Å²) >= 11 is 0. The van der Waals surface area contributed by atoms with Crippen molar-refractivity contribution in [1.82, 2.24) is 0 Å². The highest BCUT2D eigenvalue weighted by Gasteiger charge is 2.17. The summed E-state index contributed by atoms with van der Waals surface area (Å²) in [7, 11) is 0. The molecular formula is C12H13NO3. The Hall–Kier alpha value is -1.84. The van der Waals surface area contributed by atoms with Gasteiger partial charge in [0.25, 0.3) is 0 Å². The number of nitrogens with one attached hydrogen (secondary N) is 1. The molecule has 1 amide bonds. The quantitative estimate of drug-likeness (QED) is 0.705. The Morgan fingerprint density at radius 3 is 2.69 bits per heavy atom. The lowest BCUT2D eigenvalue weighted by molar-refractivity contribution is -0.147. The monoisotopic (exact) mass is 219 g/mol. The fourth-order valence-electron chi connectivity index (χ4n) is 2.07. The SMILES string of the molecule is O=C(O)C(=O)Nc1cccc2c1CCCC2. The molecule has 4 heteroatoms. The Labute approximate surface area is 93.3 Å². The van der Waals surface area contributed by atoms with Crippen LogP contribution in [0.15, 0.2) is 18.2 Å². The first-order valence-electron chi connectivity index (χ1n) is 5.33. The molecule has 0 aliphatic heterocycles. The lowest BCUT2D eigenvalue weighted by Gasteiger charge is -2.18. The van der Waals surface area contributed by atoms with Gasteiger partial charge in [-0.1, -0.05) is 12.1 Å². The topological polar surface area (TPSA) is 66.4 Å². The van der Waals surface area contributed by atoms with Gasteiger partial charge < -0.3 is 10.4 Å². The van der Waals surface area contributed by atoms with Crippen LogP contribution >= 0.6 is 0 Å². The van der Waals surface area contributed by atoms with Crippen LogP contribution < -0.4 is 5.32 Å². The zero-order valence-corrected chi connectivity index (χ0v) is 8.82. The van der Waals surface area contributed by atoms with E-state index in [1.807, 2.05) is 12.1 Å². The van der Waals surface area contributed by atoms with E-state index in [1.165, 1.54) is 5.56 Å². The Morgan fingerprint density at radius 2 is 1.94 bits per heavy atom. The molecule has 0 bridgehead atoms. The van der Waals surface area contributed by atoms with E-state index in [0.29, 0.717) is 5.69 Å². The van der Waals surface area contributed by atoms with Crippen molar-refractivity contribution < 1.29 is 14.7 Å². The molecular weight excluding hydrogens is 206 g/mol. The van der Waals surface area contributed by atoms with Gasteiger partial charge in [-0.3, -0.25) is 4.79 Å². The lowest BCUT2D eigenvalue weighted by atomic mass is 9.90. The van der Waals surface area contributed by atoms with Crippen LogP contribution in [0, 0.1) is 0 Å². The normalized spacial score (nSPS) is 14.0. The van der Waals surface area contributed by atoms with Gasteiger partial charge >= 0.3 is 11.9 Å². The average molecular weight is 219 g/mol. The predicted octanol–water partition coefficient (Wildman–Crippen LogP) is 1.59. The molecule has 2 N–H and O–H groups in total. The number of amides is 1. The summed E-state index contributed by atoms with van der Waals surface area (Å²) in [6.45, 7) is 0. The number of carbonyl (C=O) groups excluding carboxylic acids is 1. The average Bonchev–Trinajstić information content (AvgIpc) is 2.29. The van der Waals surface area contributed by atoms with E-state index in [4.69, 9.17) is 5.11 Å². The minimum atomic E-state index is -1.45. The molecule has 4 nitrogen and oxygen atoms in total. The number of rotatable bonds is 1. The highest BCUT2D eigenvalue weighted by atomic mass is 16.4. The molecule has 0 atom stereocenters. The smallest absolute Gasteiger partial charge is 0.394 e. The van der Waals surface area contributed by atoms with Crippen LogP contribution in [0.4, 0.5) is 5.69 Å². The second-order valence-corrected chi connectivity index (χ2v) is 3.91. The minimum absolute atomic E-state index is 0.643. The maximum Gasteiger partial charge on any atom is 0.394 e. The van der Waals surface area contributed by atoms with Crippen LogP contribution in [0.25, 0.3) is 0 Å². The van der Waals surface area contributed by atoms with Gasteiger partial charge in [0.1, 0.15) is 0 Å². The number of hydrogen-bond donors (Lipinski definition) is 2. The molecule has 1 aliphatic rings. The van der Waals surface area contributed by atoms with Gasteiger partial charge in [0, 0.05) is 5.69 Å². The molecule has 0 heterocycles. The van der Waals surface area contributed by atoms with Crippen LogP contribution in [-0.2, 0) is 22.4 Å². The standard InChI is InChI=1S/C12H13NO3/c14-11(12(15)16)13-10-7-3-5-8-4-1-2-6-9(8)10/h3,5,7H,1-2,4,6H2,(H,13,14)(H,15,16). The highest BCUT2D eigenvalue weighted by molar-refractivity contribution is 6.36. The summed E-state index contributed by atoms with van der Waals surface area (Å²) in [6.07, 6.45) is 4.16. The molecule has 1 aromatic rings. The number of anilines is 1. The third-order valence-corrected chi connectivity index (χ3v) is 2.84. The van der Waals surface area contributed by atoms with E-state index in [2.05, 4.69) is 5.32 Å². The van der Waals surface area contributed by atoms with Gasteiger partial charge in [0.15, 0.2) is 0 Å². The maximum absolute atomic E-state index is 11.1. The van der Waals surface area contributed by atoms with Crippen LogP contribution in [0.2, 0.25) is 0 Å². The first kappa shape index (κ1) is 10.7. The fraction of sp³-hybridized carbons (Fsp3) is 0.333. The molecule has 1 aromatic carbocycles. The number of aryl methyl sites for hydroxylation is 1. The third-order valence-electron chi connectivity index (χ3n) is 2.84. The zero-order chi connectivity index (χ0) is 11.5. The molecule has 84 valence electrons. The zero-order valence-electron chi connectivity index (χ0n) is 8.82. The molecule has 0 radical (unpaired) electrons. The Bertz CT molecular complexity index is 440. The summed E-state index contributed by atoms with van der Waals surface area (Å²) in [5, 5.41) is 11.0. The van der Waals surface area contributed by atoms with Crippen molar-refractivity contribution in [3.05, 3.63) is 29.3 Å².